The molecule has 1 aromatic rings. The van der Waals surface area contributed by atoms with Crippen LogP contribution in [0.2, 0.25) is 0 Å². The van der Waals surface area contributed by atoms with Gasteiger partial charge in [0.2, 0.25) is 11.8 Å². The number of ether oxygens (including phenoxy) is 1. The van der Waals surface area contributed by atoms with Crippen LogP contribution < -0.4 is 5.32 Å². The fourth-order valence-corrected chi connectivity index (χ4v) is 4.18. The average Bonchev–Trinajstić information content (AvgIpc) is 2.94. The molecule has 1 saturated heterocycles. The van der Waals surface area contributed by atoms with Gasteiger partial charge in [0, 0.05) is 18.8 Å². The van der Waals surface area contributed by atoms with Gasteiger partial charge in [-0.2, -0.15) is 0 Å². The highest BCUT2D eigenvalue weighted by molar-refractivity contribution is 6.53. The predicted molar refractivity (Wildman–Crippen MR) is 107 cm³/mol. The number of rotatable bonds is 6. The van der Waals surface area contributed by atoms with Gasteiger partial charge < -0.3 is 15.0 Å². The lowest BCUT2D eigenvalue weighted by Crippen LogP contribution is -2.46. The number of alkyl halides is 2. The van der Waals surface area contributed by atoms with Gasteiger partial charge >= 0.3 is 0 Å². The molecule has 1 N–H and O–H groups in total. The van der Waals surface area contributed by atoms with Crippen molar-refractivity contribution in [1.82, 2.24) is 4.90 Å². The average molecular weight is 413 g/mol. The maximum absolute atomic E-state index is 13.1. The van der Waals surface area contributed by atoms with E-state index in [1.54, 1.807) is 11.8 Å². The lowest BCUT2D eigenvalue weighted by Gasteiger charge is -2.28. The van der Waals surface area contributed by atoms with Gasteiger partial charge in [0.15, 0.2) is 0 Å². The van der Waals surface area contributed by atoms with Crippen LogP contribution in [0, 0.1) is 19.3 Å². The molecule has 1 aliphatic heterocycles. The molecule has 148 valence electrons. The van der Waals surface area contributed by atoms with Crippen LogP contribution in [0.15, 0.2) is 18.2 Å². The molecule has 3 rings (SSSR count). The van der Waals surface area contributed by atoms with Crippen LogP contribution in [-0.4, -0.2) is 46.8 Å². The molecule has 2 aliphatic rings. The first-order valence-corrected chi connectivity index (χ1v) is 10.0. The Balaban J connectivity index is 1.71. The minimum Gasteiger partial charge on any atom is -0.376 e. The Bertz CT molecular complexity index is 747. The van der Waals surface area contributed by atoms with Crippen molar-refractivity contribution >= 4 is 40.7 Å². The molecule has 2 atom stereocenters. The van der Waals surface area contributed by atoms with E-state index in [9.17, 15) is 9.59 Å². The van der Waals surface area contributed by atoms with Crippen LogP contribution in [0.1, 0.15) is 37.3 Å². The standard InChI is InChI=1S/C20H26Cl2N2O3/c1-13-6-4-8-16(14(13)2)23-17(25)11-24(10-15-7-5-9-27-15)18(26)19(3)12-20(19,21)22/h4,6,8,15H,5,7,9-12H2,1-3H3,(H,23,25)/t15-,19-/m0/s1. The van der Waals surface area contributed by atoms with E-state index in [0.29, 0.717) is 19.6 Å². The molecule has 0 unspecified atom stereocenters. The Morgan fingerprint density at radius 1 is 1.33 bits per heavy atom. The number of hydrogen-bond donors (Lipinski definition) is 1. The Morgan fingerprint density at radius 3 is 2.63 bits per heavy atom. The van der Waals surface area contributed by atoms with E-state index < -0.39 is 9.75 Å². The van der Waals surface area contributed by atoms with Crippen LogP contribution in [0.5, 0.6) is 0 Å². The number of nitrogens with zero attached hydrogens (tertiary/aromatic N) is 1. The van der Waals surface area contributed by atoms with Crippen molar-refractivity contribution in [3.05, 3.63) is 29.3 Å². The summed E-state index contributed by atoms with van der Waals surface area (Å²) in [5, 5.41) is 2.91. The molecule has 7 heteroatoms. The van der Waals surface area contributed by atoms with Crippen LogP contribution in [0.4, 0.5) is 5.69 Å². The third-order valence-electron chi connectivity index (χ3n) is 5.68. The van der Waals surface area contributed by atoms with Crippen molar-refractivity contribution in [2.75, 3.05) is 25.0 Å². The monoisotopic (exact) mass is 412 g/mol. The highest BCUT2D eigenvalue weighted by atomic mass is 35.5. The first-order valence-electron chi connectivity index (χ1n) is 9.29. The number of amides is 2. The summed E-state index contributed by atoms with van der Waals surface area (Å²) >= 11 is 12.4. The van der Waals surface area contributed by atoms with Crippen LogP contribution in [0.3, 0.4) is 0 Å². The molecule has 0 bridgehead atoms. The van der Waals surface area contributed by atoms with Crippen molar-refractivity contribution in [3.63, 3.8) is 0 Å². The lowest BCUT2D eigenvalue weighted by molar-refractivity contribution is -0.140. The van der Waals surface area contributed by atoms with Crippen molar-refractivity contribution < 1.29 is 14.3 Å². The molecule has 0 aromatic heterocycles. The summed E-state index contributed by atoms with van der Waals surface area (Å²) in [6, 6.07) is 5.75. The molecule has 1 saturated carbocycles. The van der Waals surface area contributed by atoms with Crippen LogP contribution in [-0.2, 0) is 14.3 Å². The van der Waals surface area contributed by atoms with E-state index in [-0.39, 0.29) is 24.5 Å². The Morgan fingerprint density at radius 2 is 2.04 bits per heavy atom. The van der Waals surface area contributed by atoms with Crippen molar-refractivity contribution in [3.8, 4) is 0 Å². The van der Waals surface area contributed by atoms with E-state index in [2.05, 4.69) is 5.32 Å². The van der Waals surface area contributed by atoms with Crippen LogP contribution in [0.25, 0.3) is 0 Å². The second-order valence-electron chi connectivity index (χ2n) is 7.83. The largest absolute Gasteiger partial charge is 0.376 e. The van der Waals surface area contributed by atoms with Gasteiger partial charge in [0.25, 0.3) is 0 Å². The van der Waals surface area contributed by atoms with Gasteiger partial charge in [-0.05, 0) is 57.2 Å². The molecule has 5 nitrogen and oxygen atoms in total. The summed E-state index contributed by atoms with van der Waals surface area (Å²) in [5.74, 6) is -0.437. The number of benzene rings is 1. The Kier molecular flexibility index (Phi) is 5.76. The summed E-state index contributed by atoms with van der Waals surface area (Å²) in [7, 11) is 0. The van der Waals surface area contributed by atoms with E-state index >= 15 is 0 Å². The minimum atomic E-state index is -1.07. The molecule has 2 amide bonds. The zero-order chi connectivity index (χ0) is 19.8. The molecular formula is C20H26Cl2N2O3. The van der Waals surface area contributed by atoms with Gasteiger partial charge in [0.1, 0.15) is 4.33 Å². The highest BCUT2D eigenvalue weighted by Crippen LogP contribution is 2.64. The fraction of sp³-hybridized carbons (Fsp3) is 0.600. The second kappa shape index (κ2) is 7.61. The maximum atomic E-state index is 13.1. The molecular weight excluding hydrogens is 387 g/mol. The van der Waals surface area contributed by atoms with Crippen molar-refractivity contribution in [2.24, 2.45) is 5.41 Å². The quantitative estimate of drug-likeness (QED) is 0.722. The van der Waals surface area contributed by atoms with E-state index in [1.165, 1.54) is 0 Å². The number of halogens is 2. The van der Waals surface area contributed by atoms with E-state index in [0.717, 1.165) is 29.7 Å². The molecule has 1 heterocycles. The zero-order valence-corrected chi connectivity index (χ0v) is 17.5. The first kappa shape index (κ1) is 20.4. The minimum absolute atomic E-state index is 0.0501. The lowest BCUT2D eigenvalue weighted by atomic mass is 10.1. The fourth-order valence-electron chi connectivity index (χ4n) is 3.48. The molecule has 0 spiro atoms. The number of nitrogens with one attached hydrogen (secondary N) is 1. The summed E-state index contributed by atoms with van der Waals surface area (Å²) in [4.78, 5) is 27.3. The Hall–Kier alpha value is -1.30. The summed E-state index contributed by atoms with van der Waals surface area (Å²) < 4.78 is 4.59. The molecule has 1 aromatic carbocycles. The van der Waals surface area contributed by atoms with Gasteiger partial charge in [-0.15, -0.1) is 23.2 Å². The van der Waals surface area contributed by atoms with Crippen molar-refractivity contribution in [1.29, 1.82) is 0 Å². The van der Waals surface area contributed by atoms with Gasteiger partial charge in [-0.3, -0.25) is 9.59 Å². The molecule has 1 aliphatic carbocycles. The first-order chi connectivity index (χ1) is 12.6. The maximum Gasteiger partial charge on any atom is 0.244 e. The topological polar surface area (TPSA) is 58.6 Å². The van der Waals surface area contributed by atoms with Gasteiger partial charge in [0.05, 0.1) is 18.1 Å². The highest BCUT2D eigenvalue weighted by Gasteiger charge is 2.68. The summed E-state index contributed by atoms with van der Waals surface area (Å²) in [5.41, 5.74) is 2.01. The van der Waals surface area contributed by atoms with Crippen LogP contribution >= 0.6 is 23.2 Å². The van der Waals surface area contributed by atoms with E-state index in [1.807, 2.05) is 32.0 Å². The Labute approximate surface area is 170 Å². The SMILES string of the molecule is Cc1cccc(NC(=O)CN(C[C@@H]2CCCO2)C(=O)[C@]2(C)CC2(Cl)Cl)c1C. The van der Waals surface area contributed by atoms with E-state index in [4.69, 9.17) is 27.9 Å². The number of aryl methyl sites for hydroxylation is 1. The van der Waals surface area contributed by atoms with Gasteiger partial charge in [-0.1, -0.05) is 12.1 Å². The third-order valence-corrected chi connectivity index (χ3v) is 6.78. The number of anilines is 1. The third kappa shape index (κ3) is 4.25. The number of carbonyl (C=O) groups excluding carboxylic acids is 2. The van der Waals surface area contributed by atoms with Crippen molar-refractivity contribution in [2.45, 2.75) is 50.5 Å². The second-order valence-corrected chi connectivity index (χ2v) is 9.31. The summed E-state index contributed by atoms with van der Waals surface area (Å²) in [6.07, 6.45) is 2.19. The smallest absolute Gasteiger partial charge is 0.244 e. The number of hydrogen-bond acceptors (Lipinski definition) is 3. The molecule has 2 fully saturated rings. The summed E-state index contributed by atoms with van der Waals surface area (Å²) in [6.45, 7) is 6.71. The zero-order valence-electron chi connectivity index (χ0n) is 16.0. The predicted octanol–water partition coefficient (Wildman–Crippen LogP) is 3.83. The van der Waals surface area contributed by atoms with Gasteiger partial charge in [-0.25, -0.2) is 0 Å². The molecule has 0 radical (unpaired) electrons. The normalized spacial score (nSPS) is 25.9. The molecule has 27 heavy (non-hydrogen) atoms. The number of carbonyl (C=O) groups is 2.